The molecule has 18 heavy (non-hydrogen) atoms. The molecule has 0 radical (unpaired) electrons. The molecule has 1 aliphatic rings. The van der Waals surface area contributed by atoms with Gasteiger partial charge in [-0.3, -0.25) is 0 Å². The number of allylic oxidation sites excluding steroid dienone is 2. The van der Waals surface area contributed by atoms with Gasteiger partial charge in [-0.25, -0.2) is 0 Å². The van der Waals surface area contributed by atoms with Crippen molar-refractivity contribution in [2.75, 3.05) is 13.1 Å². The van der Waals surface area contributed by atoms with Gasteiger partial charge in [-0.1, -0.05) is 0 Å². The molecule has 1 aromatic carbocycles. The van der Waals surface area contributed by atoms with Gasteiger partial charge in [-0.05, 0) is 0 Å². The van der Waals surface area contributed by atoms with E-state index in [1.807, 2.05) is 0 Å². The molecule has 1 heterocycles. The van der Waals surface area contributed by atoms with Crippen LogP contribution in [0, 0.1) is 0 Å². The Hall–Kier alpha value is -0.631. The van der Waals surface area contributed by atoms with Crippen LogP contribution in [-0.2, 0) is 0 Å². The molecule has 1 aromatic rings. The molecule has 0 N–H and O–H groups in total. The summed E-state index contributed by atoms with van der Waals surface area (Å²) in [6, 6.07) is 8.30. The SMILES string of the molecule is [Se]=C(C=CC=Cc1ccc(Br)cc1)N1CCCC1. The Morgan fingerprint density at radius 1 is 1.11 bits per heavy atom. The van der Waals surface area contributed by atoms with E-state index >= 15 is 0 Å². The summed E-state index contributed by atoms with van der Waals surface area (Å²) >= 11 is 6.57. The van der Waals surface area contributed by atoms with Crippen molar-refractivity contribution in [3.05, 3.63) is 52.5 Å². The van der Waals surface area contributed by atoms with Crippen molar-refractivity contribution < 1.29 is 0 Å². The molecule has 94 valence electrons. The molecule has 0 bridgehead atoms. The molecular formula is C15H16BrNSe. The Morgan fingerprint density at radius 2 is 1.78 bits per heavy atom. The standard InChI is InChI=1S/C15H16BrNSe/c16-14-9-7-13(8-10-14)5-1-2-6-15(18)17-11-3-4-12-17/h1-2,5-10H,3-4,11-12H2. The summed E-state index contributed by atoms with van der Waals surface area (Å²) in [5.74, 6) is 0. The fourth-order valence-electron chi connectivity index (χ4n) is 1.92. The summed E-state index contributed by atoms with van der Waals surface area (Å²) in [5.41, 5.74) is 1.21. The van der Waals surface area contributed by atoms with E-state index < -0.39 is 0 Å². The molecule has 0 saturated carbocycles. The minimum atomic E-state index is 1.11. The van der Waals surface area contributed by atoms with Crippen LogP contribution in [0.5, 0.6) is 0 Å². The summed E-state index contributed by atoms with van der Waals surface area (Å²) in [6.07, 6.45) is 11.0. The van der Waals surface area contributed by atoms with Crippen LogP contribution in [0.25, 0.3) is 6.08 Å². The molecule has 0 aromatic heterocycles. The summed E-state index contributed by atoms with van der Waals surface area (Å²) in [4.78, 5) is 2.39. The van der Waals surface area contributed by atoms with Crippen LogP contribution in [0.1, 0.15) is 18.4 Å². The maximum absolute atomic E-state index is 3.43. The Bertz CT molecular complexity index is 456. The van der Waals surface area contributed by atoms with Crippen LogP contribution >= 0.6 is 15.9 Å². The van der Waals surface area contributed by atoms with Gasteiger partial charge in [0.25, 0.3) is 0 Å². The van der Waals surface area contributed by atoms with E-state index in [1.165, 1.54) is 36.0 Å². The van der Waals surface area contributed by atoms with Gasteiger partial charge in [0.2, 0.25) is 0 Å². The van der Waals surface area contributed by atoms with Gasteiger partial charge >= 0.3 is 125 Å². The van der Waals surface area contributed by atoms with Crippen molar-refractivity contribution in [3.8, 4) is 0 Å². The molecular weight excluding hydrogens is 353 g/mol. The second kappa shape index (κ2) is 7.08. The third-order valence-electron chi connectivity index (χ3n) is 2.93. The van der Waals surface area contributed by atoms with Crippen molar-refractivity contribution in [2.24, 2.45) is 0 Å². The number of rotatable bonds is 4. The van der Waals surface area contributed by atoms with E-state index in [0.29, 0.717) is 0 Å². The number of nitrogens with zero attached hydrogens (tertiary/aromatic N) is 1. The molecule has 1 saturated heterocycles. The Balaban J connectivity index is 1.86. The number of halogens is 1. The second-order valence-electron chi connectivity index (χ2n) is 4.30. The predicted octanol–water partition coefficient (Wildman–Crippen LogP) is 3.41. The van der Waals surface area contributed by atoms with Crippen LogP contribution in [0.2, 0.25) is 0 Å². The van der Waals surface area contributed by atoms with Crippen molar-refractivity contribution in [2.45, 2.75) is 12.8 Å². The molecule has 1 fully saturated rings. The van der Waals surface area contributed by atoms with Gasteiger partial charge in [0.15, 0.2) is 0 Å². The fraction of sp³-hybridized carbons (Fsp3) is 0.267. The normalized spacial score (nSPS) is 15.9. The third kappa shape index (κ3) is 4.24. The third-order valence-corrected chi connectivity index (χ3v) is 4.28. The van der Waals surface area contributed by atoms with Crippen LogP contribution < -0.4 is 0 Å². The van der Waals surface area contributed by atoms with E-state index in [9.17, 15) is 0 Å². The van der Waals surface area contributed by atoms with E-state index in [-0.39, 0.29) is 0 Å². The van der Waals surface area contributed by atoms with Gasteiger partial charge in [0, 0.05) is 0 Å². The zero-order chi connectivity index (χ0) is 12.8. The first-order valence-electron chi connectivity index (χ1n) is 6.15. The molecule has 2 rings (SSSR count). The Labute approximate surface area is 125 Å². The van der Waals surface area contributed by atoms with Crippen molar-refractivity contribution in [3.63, 3.8) is 0 Å². The van der Waals surface area contributed by atoms with Crippen LogP contribution in [0.3, 0.4) is 0 Å². The van der Waals surface area contributed by atoms with Gasteiger partial charge in [-0.2, -0.15) is 0 Å². The molecule has 0 unspecified atom stereocenters. The fourth-order valence-corrected chi connectivity index (χ4v) is 2.73. The molecule has 0 atom stereocenters. The average molecular weight is 369 g/mol. The maximum atomic E-state index is 3.43. The van der Waals surface area contributed by atoms with Crippen molar-refractivity contribution in [1.29, 1.82) is 0 Å². The molecule has 0 aliphatic carbocycles. The van der Waals surface area contributed by atoms with Gasteiger partial charge in [-0.15, -0.1) is 0 Å². The van der Waals surface area contributed by atoms with Crippen LogP contribution in [0.15, 0.2) is 47.0 Å². The number of benzene rings is 1. The zero-order valence-corrected chi connectivity index (χ0v) is 13.5. The number of hydrogen-bond donors (Lipinski definition) is 0. The van der Waals surface area contributed by atoms with E-state index in [0.717, 1.165) is 4.47 Å². The van der Waals surface area contributed by atoms with Crippen molar-refractivity contribution >= 4 is 42.1 Å². The second-order valence-corrected chi connectivity index (χ2v) is 6.10. The average Bonchev–Trinajstić information content (AvgIpc) is 2.90. The molecule has 1 aliphatic heterocycles. The Morgan fingerprint density at radius 3 is 2.44 bits per heavy atom. The van der Waals surface area contributed by atoms with Gasteiger partial charge in [0.1, 0.15) is 0 Å². The first kappa shape index (κ1) is 13.8. The summed E-state index contributed by atoms with van der Waals surface area (Å²) in [6.45, 7) is 2.37. The van der Waals surface area contributed by atoms with Crippen molar-refractivity contribution in [1.82, 2.24) is 4.90 Å². The zero-order valence-electron chi connectivity index (χ0n) is 10.2. The van der Waals surface area contributed by atoms with Crippen LogP contribution in [-0.4, -0.2) is 38.1 Å². The molecule has 1 nitrogen and oxygen atoms in total. The minimum absolute atomic E-state index is 1.11. The Kier molecular flexibility index (Phi) is 5.43. The first-order chi connectivity index (χ1) is 8.75. The molecule has 0 amide bonds. The molecule has 3 heteroatoms. The quantitative estimate of drug-likeness (QED) is 0.581. The predicted molar refractivity (Wildman–Crippen MR) is 83.9 cm³/mol. The summed E-state index contributed by atoms with van der Waals surface area (Å²) in [5, 5.41) is 0. The summed E-state index contributed by atoms with van der Waals surface area (Å²) < 4.78 is 2.36. The van der Waals surface area contributed by atoms with Gasteiger partial charge < -0.3 is 0 Å². The first-order valence-corrected chi connectivity index (χ1v) is 7.80. The van der Waals surface area contributed by atoms with E-state index in [4.69, 9.17) is 0 Å². The van der Waals surface area contributed by atoms with E-state index in [1.54, 1.807) is 0 Å². The number of hydrogen-bond acceptors (Lipinski definition) is 1. The van der Waals surface area contributed by atoms with E-state index in [2.05, 4.69) is 85.0 Å². The topological polar surface area (TPSA) is 3.24 Å². The van der Waals surface area contributed by atoms with Gasteiger partial charge in [0.05, 0.1) is 0 Å². The summed E-state index contributed by atoms with van der Waals surface area (Å²) in [7, 11) is 0. The number of likely N-dealkylation sites (tertiary alicyclic amines) is 1. The monoisotopic (exact) mass is 369 g/mol. The van der Waals surface area contributed by atoms with Crippen LogP contribution in [0.4, 0.5) is 0 Å². The molecule has 0 spiro atoms.